The Hall–Kier alpha value is -1.95. The van der Waals surface area contributed by atoms with Crippen LogP contribution in [0.1, 0.15) is 17.4 Å². The van der Waals surface area contributed by atoms with Gasteiger partial charge in [-0.1, -0.05) is 28.9 Å². The molecule has 1 aromatic carbocycles. The molecule has 0 atom stereocenters. The lowest BCUT2D eigenvalue weighted by atomic mass is 10.1. The summed E-state index contributed by atoms with van der Waals surface area (Å²) in [6.07, 6.45) is 0. The highest BCUT2D eigenvalue weighted by Crippen LogP contribution is 2.24. The lowest BCUT2D eigenvalue weighted by Gasteiger charge is -2.06. The molecule has 0 aliphatic heterocycles. The van der Waals surface area contributed by atoms with Gasteiger partial charge in [-0.05, 0) is 19.1 Å². The van der Waals surface area contributed by atoms with Gasteiger partial charge in [-0.2, -0.15) is 0 Å². The Morgan fingerprint density at radius 2 is 2.10 bits per heavy atom. The van der Waals surface area contributed by atoms with Gasteiger partial charge in [-0.25, -0.2) is 13.9 Å². The number of hydrogen-bond acceptors (Lipinski definition) is 4. The van der Waals surface area contributed by atoms with E-state index in [2.05, 4.69) is 10.3 Å². The van der Waals surface area contributed by atoms with Crippen molar-refractivity contribution in [1.29, 1.82) is 0 Å². The monoisotopic (exact) mass is 297 g/mol. The number of nitrogens with zero attached hydrogens (tertiary/aromatic N) is 3. The number of aryl methyl sites for hydroxylation is 1. The largest absolute Gasteiger partial charge is 0.461 e. The Balaban J connectivity index is 2.49. The first-order valence-corrected chi connectivity index (χ1v) is 6.47. The van der Waals surface area contributed by atoms with E-state index in [-0.39, 0.29) is 18.8 Å². The lowest BCUT2D eigenvalue weighted by Crippen LogP contribution is -2.09. The van der Waals surface area contributed by atoms with Crippen molar-refractivity contribution in [2.45, 2.75) is 13.5 Å². The first kappa shape index (κ1) is 14.5. The number of rotatable bonds is 5. The fourth-order valence-electron chi connectivity index (χ4n) is 1.78. The van der Waals surface area contributed by atoms with E-state index in [1.165, 1.54) is 4.68 Å². The molecule has 0 saturated heterocycles. The van der Waals surface area contributed by atoms with Gasteiger partial charge >= 0.3 is 5.97 Å². The molecule has 20 heavy (non-hydrogen) atoms. The Morgan fingerprint density at radius 1 is 1.40 bits per heavy atom. The Kier molecular flexibility index (Phi) is 4.68. The van der Waals surface area contributed by atoms with E-state index >= 15 is 0 Å². The number of esters is 1. The van der Waals surface area contributed by atoms with Crippen molar-refractivity contribution in [2.24, 2.45) is 0 Å². The van der Waals surface area contributed by atoms with Crippen LogP contribution in [0, 0.1) is 0 Å². The predicted octanol–water partition coefficient (Wildman–Crippen LogP) is 2.74. The Labute approximate surface area is 120 Å². The maximum atomic E-state index is 12.6. The quantitative estimate of drug-likeness (QED) is 0.796. The molecule has 0 aliphatic carbocycles. The number of benzene rings is 1. The molecule has 2 rings (SSSR count). The van der Waals surface area contributed by atoms with Crippen LogP contribution in [-0.4, -0.2) is 34.2 Å². The second-order valence-electron chi connectivity index (χ2n) is 3.93. The average molecular weight is 298 g/mol. The second-order valence-corrected chi connectivity index (χ2v) is 4.36. The van der Waals surface area contributed by atoms with E-state index in [0.717, 1.165) is 0 Å². The number of carbonyl (C=O) groups is 1. The van der Waals surface area contributed by atoms with Crippen LogP contribution in [0.15, 0.2) is 24.3 Å². The maximum absolute atomic E-state index is 12.6. The third-order valence-electron chi connectivity index (χ3n) is 2.62. The summed E-state index contributed by atoms with van der Waals surface area (Å²) in [6, 6.07) is 6.80. The van der Waals surface area contributed by atoms with E-state index in [4.69, 9.17) is 16.3 Å². The maximum Gasteiger partial charge on any atom is 0.361 e. The lowest BCUT2D eigenvalue weighted by molar-refractivity contribution is 0.0520. The fraction of sp³-hybridized carbons (Fsp3) is 0.308. The topological polar surface area (TPSA) is 57.0 Å². The van der Waals surface area contributed by atoms with Crippen molar-refractivity contribution >= 4 is 17.6 Å². The number of alkyl halides is 1. The summed E-state index contributed by atoms with van der Waals surface area (Å²) in [4.78, 5) is 11.9. The minimum atomic E-state index is -0.605. The Bertz CT molecular complexity index is 598. The minimum absolute atomic E-state index is 0.0182. The molecule has 0 radical (unpaired) electrons. The zero-order valence-electron chi connectivity index (χ0n) is 10.8. The molecular formula is C13H13ClFN3O2. The molecule has 0 bridgehead atoms. The van der Waals surface area contributed by atoms with E-state index in [1.54, 1.807) is 31.2 Å². The molecule has 0 saturated carbocycles. The summed E-state index contributed by atoms with van der Waals surface area (Å²) in [7, 11) is 0. The van der Waals surface area contributed by atoms with Gasteiger partial charge in [0.15, 0.2) is 5.69 Å². The van der Waals surface area contributed by atoms with Gasteiger partial charge in [-0.15, -0.1) is 5.10 Å². The molecule has 0 aliphatic rings. The van der Waals surface area contributed by atoms with Gasteiger partial charge in [0.2, 0.25) is 0 Å². The minimum Gasteiger partial charge on any atom is -0.461 e. The van der Waals surface area contributed by atoms with Crippen molar-refractivity contribution in [3.05, 3.63) is 35.0 Å². The van der Waals surface area contributed by atoms with Crippen LogP contribution in [0.4, 0.5) is 4.39 Å². The summed E-state index contributed by atoms with van der Waals surface area (Å²) < 4.78 is 18.8. The smallest absolute Gasteiger partial charge is 0.361 e. The molecule has 0 amide bonds. The van der Waals surface area contributed by atoms with E-state index < -0.39 is 12.6 Å². The first-order chi connectivity index (χ1) is 9.67. The molecule has 0 N–H and O–H groups in total. The number of carbonyl (C=O) groups excluding carboxylic acids is 1. The third-order valence-corrected chi connectivity index (χ3v) is 2.87. The average Bonchev–Trinajstić information content (AvgIpc) is 2.84. The summed E-state index contributed by atoms with van der Waals surface area (Å²) in [5.74, 6) is -0.581. The van der Waals surface area contributed by atoms with Crippen molar-refractivity contribution in [3.63, 3.8) is 0 Å². The SMILES string of the molecule is CCOC(=O)c1nnn(CCF)c1-c1ccc(Cl)cc1. The van der Waals surface area contributed by atoms with Crippen molar-refractivity contribution < 1.29 is 13.9 Å². The van der Waals surface area contributed by atoms with Crippen molar-refractivity contribution in [2.75, 3.05) is 13.3 Å². The first-order valence-electron chi connectivity index (χ1n) is 6.10. The molecule has 1 heterocycles. The second kappa shape index (κ2) is 6.47. The van der Waals surface area contributed by atoms with Crippen LogP contribution >= 0.6 is 11.6 Å². The van der Waals surface area contributed by atoms with Crippen molar-refractivity contribution in [1.82, 2.24) is 15.0 Å². The molecule has 106 valence electrons. The summed E-state index contributed by atoms with van der Waals surface area (Å²) in [6.45, 7) is 1.34. The summed E-state index contributed by atoms with van der Waals surface area (Å²) in [5.41, 5.74) is 1.18. The highest BCUT2D eigenvalue weighted by molar-refractivity contribution is 6.30. The fourth-order valence-corrected chi connectivity index (χ4v) is 1.91. The zero-order valence-corrected chi connectivity index (χ0v) is 11.6. The van der Waals surface area contributed by atoms with E-state index in [0.29, 0.717) is 16.3 Å². The van der Waals surface area contributed by atoms with Crippen LogP contribution in [-0.2, 0) is 11.3 Å². The molecule has 1 aromatic heterocycles. The number of halogens is 2. The van der Waals surface area contributed by atoms with Crippen LogP contribution < -0.4 is 0 Å². The molecule has 0 spiro atoms. The molecule has 0 fully saturated rings. The van der Waals surface area contributed by atoms with Gasteiger partial charge in [0, 0.05) is 10.6 Å². The van der Waals surface area contributed by atoms with Crippen LogP contribution in [0.5, 0.6) is 0 Å². The standard InChI is InChI=1S/C13H13ClFN3O2/c1-2-20-13(19)11-12(18(8-7-15)17-16-11)9-3-5-10(14)6-4-9/h3-6H,2,7-8H2,1H3. The highest BCUT2D eigenvalue weighted by Gasteiger charge is 2.22. The zero-order chi connectivity index (χ0) is 14.5. The van der Waals surface area contributed by atoms with Gasteiger partial charge in [0.25, 0.3) is 0 Å². The molecule has 2 aromatic rings. The molecular weight excluding hydrogens is 285 g/mol. The number of ether oxygens (including phenoxy) is 1. The molecule has 5 nitrogen and oxygen atoms in total. The number of hydrogen-bond donors (Lipinski definition) is 0. The third kappa shape index (κ3) is 2.96. The summed E-state index contributed by atoms with van der Waals surface area (Å²) in [5, 5.41) is 8.16. The van der Waals surface area contributed by atoms with Crippen molar-refractivity contribution in [3.8, 4) is 11.3 Å². The van der Waals surface area contributed by atoms with E-state index in [1.807, 2.05) is 0 Å². The van der Waals surface area contributed by atoms with Gasteiger partial charge in [0.1, 0.15) is 12.4 Å². The molecule has 7 heteroatoms. The van der Waals surface area contributed by atoms with Gasteiger partial charge in [-0.3, -0.25) is 0 Å². The van der Waals surface area contributed by atoms with Crippen LogP contribution in [0.3, 0.4) is 0 Å². The van der Waals surface area contributed by atoms with Crippen LogP contribution in [0.2, 0.25) is 5.02 Å². The Morgan fingerprint density at radius 3 is 2.70 bits per heavy atom. The van der Waals surface area contributed by atoms with Gasteiger partial charge < -0.3 is 4.74 Å². The van der Waals surface area contributed by atoms with E-state index in [9.17, 15) is 9.18 Å². The predicted molar refractivity (Wildman–Crippen MR) is 72.4 cm³/mol. The highest BCUT2D eigenvalue weighted by atomic mass is 35.5. The van der Waals surface area contributed by atoms with Crippen LogP contribution in [0.25, 0.3) is 11.3 Å². The van der Waals surface area contributed by atoms with Gasteiger partial charge in [0.05, 0.1) is 13.2 Å². The normalized spacial score (nSPS) is 10.6. The molecule has 0 unspecified atom stereocenters. The summed E-state index contributed by atoms with van der Waals surface area (Å²) >= 11 is 5.84. The number of aromatic nitrogens is 3.